The third kappa shape index (κ3) is 6.18. The molecule has 178 valence electrons. The van der Waals surface area contributed by atoms with Gasteiger partial charge in [-0.25, -0.2) is 4.98 Å². The van der Waals surface area contributed by atoms with Gasteiger partial charge in [-0.3, -0.25) is 4.79 Å². The SMILES string of the molecule is COc1cccc(COc2nc(N3CCCN(C)CC3)ncc2Sc2ccc(C(N)=O)cc2)c1. The van der Waals surface area contributed by atoms with Crippen molar-refractivity contribution in [1.82, 2.24) is 14.9 Å². The Kier molecular flexibility index (Phi) is 7.87. The fourth-order valence-electron chi connectivity index (χ4n) is 3.65. The van der Waals surface area contributed by atoms with Crippen LogP contribution in [0.3, 0.4) is 0 Å². The van der Waals surface area contributed by atoms with E-state index in [0.29, 0.717) is 24.0 Å². The molecule has 1 aromatic heterocycles. The van der Waals surface area contributed by atoms with Crippen molar-refractivity contribution in [1.29, 1.82) is 0 Å². The largest absolute Gasteiger partial charge is 0.497 e. The van der Waals surface area contributed by atoms with Crippen LogP contribution in [0.1, 0.15) is 22.3 Å². The van der Waals surface area contributed by atoms with Crippen molar-refractivity contribution in [3.63, 3.8) is 0 Å². The Morgan fingerprint density at radius 3 is 2.71 bits per heavy atom. The Morgan fingerprint density at radius 1 is 1.12 bits per heavy atom. The van der Waals surface area contributed by atoms with Crippen LogP contribution in [0.25, 0.3) is 0 Å². The van der Waals surface area contributed by atoms with E-state index in [1.54, 1.807) is 19.2 Å². The van der Waals surface area contributed by atoms with Crippen LogP contribution in [-0.2, 0) is 6.61 Å². The summed E-state index contributed by atoms with van der Waals surface area (Å²) in [5.74, 6) is 1.52. The number of primary amides is 1. The summed E-state index contributed by atoms with van der Waals surface area (Å²) in [6, 6.07) is 14.9. The Morgan fingerprint density at radius 2 is 1.94 bits per heavy atom. The second kappa shape index (κ2) is 11.2. The molecule has 2 heterocycles. The molecule has 1 saturated heterocycles. The monoisotopic (exact) mass is 479 g/mol. The lowest BCUT2D eigenvalue weighted by atomic mass is 10.2. The number of amides is 1. The van der Waals surface area contributed by atoms with Gasteiger partial charge in [0.05, 0.1) is 18.2 Å². The lowest BCUT2D eigenvalue weighted by Gasteiger charge is -2.21. The molecule has 2 aromatic carbocycles. The normalized spacial score (nSPS) is 14.5. The number of aromatic nitrogens is 2. The van der Waals surface area contributed by atoms with Gasteiger partial charge in [0.25, 0.3) is 0 Å². The number of likely N-dealkylation sites (N-methyl/N-ethyl adjacent to an activating group) is 1. The van der Waals surface area contributed by atoms with Gasteiger partial charge in [0.1, 0.15) is 12.4 Å². The number of rotatable bonds is 8. The number of nitrogens with two attached hydrogens (primary N) is 1. The highest BCUT2D eigenvalue weighted by molar-refractivity contribution is 7.99. The zero-order valence-electron chi connectivity index (χ0n) is 19.4. The molecular formula is C25H29N5O3S. The number of ether oxygens (including phenoxy) is 2. The van der Waals surface area contributed by atoms with Gasteiger partial charge in [-0.2, -0.15) is 4.98 Å². The highest BCUT2D eigenvalue weighted by Gasteiger charge is 2.18. The van der Waals surface area contributed by atoms with Gasteiger partial charge in [-0.1, -0.05) is 23.9 Å². The minimum absolute atomic E-state index is 0.352. The molecule has 0 radical (unpaired) electrons. The first kappa shape index (κ1) is 23.8. The van der Waals surface area contributed by atoms with Crippen molar-refractivity contribution >= 4 is 23.6 Å². The highest BCUT2D eigenvalue weighted by Crippen LogP contribution is 2.35. The topological polar surface area (TPSA) is 93.8 Å². The molecule has 1 aliphatic heterocycles. The molecule has 2 N–H and O–H groups in total. The molecule has 0 unspecified atom stereocenters. The lowest BCUT2D eigenvalue weighted by molar-refractivity contribution is 0.1000. The van der Waals surface area contributed by atoms with Crippen molar-refractivity contribution in [3.05, 3.63) is 65.9 Å². The van der Waals surface area contributed by atoms with E-state index in [4.69, 9.17) is 20.2 Å². The average molecular weight is 480 g/mol. The molecule has 1 amide bonds. The van der Waals surface area contributed by atoms with Crippen LogP contribution >= 0.6 is 11.8 Å². The van der Waals surface area contributed by atoms with Crippen LogP contribution in [0.4, 0.5) is 5.95 Å². The first-order valence-electron chi connectivity index (χ1n) is 11.2. The molecule has 0 atom stereocenters. The number of benzene rings is 2. The van der Waals surface area contributed by atoms with Gasteiger partial charge in [-0.15, -0.1) is 0 Å². The predicted molar refractivity (Wildman–Crippen MR) is 133 cm³/mol. The third-order valence-corrected chi connectivity index (χ3v) is 6.60. The molecular weight excluding hydrogens is 450 g/mol. The average Bonchev–Trinajstić information content (AvgIpc) is 3.08. The third-order valence-electron chi connectivity index (χ3n) is 5.59. The van der Waals surface area contributed by atoms with Crippen molar-refractivity contribution in [3.8, 4) is 11.6 Å². The number of hydrogen-bond donors (Lipinski definition) is 1. The Balaban J connectivity index is 1.58. The summed E-state index contributed by atoms with van der Waals surface area (Å²) in [5.41, 5.74) is 6.81. The molecule has 34 heavy (non-hydrogen) atoms. The van der Waals surface area contributed by atoms with Crippen molar-refractivity contribution in [2.24, 2.45) is 5.73 Å². The minimum atomic E-state index is -0.449. The second-order valence-electron chi connectivity index (χ2n) is 8.11. The summed E-state index contributed by atoms with van der Waals surface area (Å²) >= 11 is 1.48. The zero-order chi connectivity index (χ0) is 23.9. The van der Waals surface area contributed by atoms with Crippen LogP contribution in [0, 0.1) is 0 Å². The number of anilines is 1. The summed E-state index contributed by atoms with van der Waals surface area (Å²) in [5, 5.41) is 0. The van der Waals surface area contributed by atoms with Crippen molar-refractivity contribution in [2.45, 2.75) is 22.8 Å². The van der Waals surface area contributed by atoms with E-state index in [2.05, 4.69) is 21.8 Å². The van der Waals surface area contributed by atoms with Crippen LogP contribution < -0.4 is 20.1 Å². The minimum Gasteiger partial charge on any atom is -0.497 e. The molecule has 1 fully saturated rings. The van der Waals surface area contributed by atoms with E-state index in [-0.39, 0.29) is 0 Å². The molecule has 4 rings (SSSR count). The maximum Gasteiger partial charge on any atom is 0.248 e. The first-order valence-corrected chi connectivity index (χ1v) is 12.0. The molecule has 0 bridgehead atoms. The Labute approximate surface area is 204 Å². The summed E-state index contributed by atoms with van der Waals surface area (Å²) in [4.78, 5) is 27.1. The van der Waals surface area contributed by atoms with E-state index in [9.17, 15) is 4.79 Å². The number of carbonyl (C=O) groups is 1. The predicted octanol–water partition coefficient (Wildman–Crippen LogP) is 3.46. The summed E-state index contributed by atoms with van der Waals surface area (Å²) in [7, 11) is 3.78. The van der Waals surface area contributed by atoms with Gasteiger partial charge < -0.3 is 25.0 Å². The molecule has 0 aliphatic carbocycles. The van der Waals surface area contributed by atoms with Gasteiger partial charge >= 0.3 is 0 Å². The summed E-state index contributed by atoms with van der Waals surface area (Å²) in [6.45, 7) is 4.15. The van der Waals surface area contributed by atoms with Crippen LogP contribution in [0.15, 0.2) is 64.5 Å². The van der Waals surface area contributed by atoms with E-state index >= 15 is 0 Å². The molecule has 1 aliphatic rings. The number of methoxy groups -OCH3 is 1. The molecule has 0 spiro atoms. The Bertz CT molecular complexity index is 1130. The smallest absolute Gasteiger partial charge is 0.248 e. The maximum atomic E-state index is 11.4. The van der Waals surface area contributed by atoms with Gasteiger partial charge in [0, 0.05) is 30.1 Å². The number of hydrogen-bond acceptors (Lipinski definition) is 8. The van der Waals surface area contributed by atoms with Gasteiger partial charge in [-0.05, 0) is 62.0 Å². The van der Waals surface area contributed by atoms with Crippen LogP contribution in [0.5, 0.6) is 11.6 Å². The molecule has 3 aromatic rings. The second-order valence-corrected chi connectivity index (χ2v) is 9.23. The van der Waals surface area contributed by atoms with Gasteiger partial charge in [0.2, 0.25) is 17.7 Å². The number of carbonyl (C=O) groups excluding carboxylic acids is 1. The summed E-state index contributed by atoms with van der Waals surface area (Å²) < 4.78 is 11.5. The Hall–Kier alpha value is -3.30. The summed E-state index contributed by atoms with van der Waals surface area (Å²) in [6.07, 6.45) is 2.87. The maximum absolute atomic E-state index is 11.4. The van der Waals surface area contributed by atoms with E-state index < -0.39 is 5.91 Å². The highest BCUT2D eigenvalue weighted by atomic mass is 32.2. The lowest BCUT2D eigenvalue weighted by Crippen LogP contribution is -2.30. The fraction of sp³-hybridized carbons (Fsp3) is 0.320. The van der Waals surface area contributed by atoms with E-state index in [1.165, 1.54) is 11.8 Å². The van der Waals surface area contributed by atoms with Crippen molar-refractivity contribution in [2.75, 3.05) is 45.2 Å². The zero-order valence-corrected chi connectivity index (χ0v) is 20.3. The quantitative estimate of drug-likeness (QED) is 0.525. The molecule has 9 heteroatoms. The molecule has 8 nitrogen and oxygen atoms in total. The van der Waals surface area contributed by atoms with E-state index in [1.807, 2.05) is 42.6 Å². The van der Waals surface area contributed by atoms with E-state index in [0.717, 1.165) is 53.7 Å². The standard InChI is InChI=1S/C25H29N5O3S/c1-29-11-4-12-30(14-13-29)25-27-16-22(34-21-9-7-19(8-10-21)23(26)31)24(28-25)33-17-18-5-3-6-20(15-18)32-2/h3,5-10,15-16H,4,11-14,17H2,1-2H3,(H2,26,31). The number of nitrogens with zero attached hydrogens (tertiary/aromatic N) is 4. The fourth-order valence-corrected chi connectivity index (χ4v) is 4.47. The van der Waals surface area contributed by atoms with Crippen LogP contribution in [0.2, 0.25) is 0 Å². The van der Waals surface area contributed by atoms with Gasteiger partial charge in [0.15, 0.2) is 0 Å². The molecule has 0 saturated carbocycles. The van der Waals surface area contributed by atoms with Crippen molar-refractivity contribution < 1.29 is 14.3 Å². The first-order chi connectivity index (χ1) is 16.5. The van der Waals surface area contributed by atoms with Crippen LogP contribution in [-0.4, -0.2) is 61.1 Å².